The van der Waals surface area contributed by atoms with Crippen LogP contribution in [-0.4, -0.2) is 19.8 Å². The summed E-state index contributed by atoms with van der Waals surface area (Å²) in [6.45, 7) is 0. The summed E-state index contributed by atoms with van der Waals surface area (Å²) >= 11 is 7.02. The lowest BCUT2D eigenvalue weighted by atomic mass is 10.4. The number of nitrogens with zero attached hydrogens (tertiary/aromatic N) is 1. The third-order valence-electron chi connectivity index (χ3n) is 1.31. The number of rotatable bonds is 2. The predicted molar refractivity (Wildman–Crippen MR) is 61.7 cm³/mol. The van der Waals surface area contributed by atoms with Crippen molar-refractivity contribution in [2.45, 2.75) is 11.4 Å². The average molecular weight is 422 g/mol. The van der Waals surface area contributed by atoms with E-state index in [4.69, 9.17) is 22.3 Å². The van der Waals surface area contributed by atoms with Gasteiger partial charge in [-0.25, -0.2) is 13.4 Å². The van der Waals surface area contributed by atoms with Crippen molar-refractivity contribution < 1.29 is 26.3 Å². The van der Waals surface area contributed by atoms with E-state index in [0.717, 1.165) is 6.07 Å². The van der Waals surface area contributed by atoms with E-state index in [1.807, 2.05) is 0 Å². The van der Waals surface area contributed by atoms with E-state index < -0.39 is 31.2 Å². The quantitative estimate of drug-likeness (QED) is 0.418. The maximum atomic E-state index is 12.0. The second-order valence-corrected chi connectivity index (χ2v) is 6.54. The fourth-order valence-corrected chi connectivity index (χ4v) is 2.91. The Labute approximate surface area is 117 Å². The van der Waals surface area contributed by atoms with E-state index in [1.165, 1.54) is 0 Å². The first-order chi connectivity index (χ1) is 7.50. The summed E-state index contributed by atoms with van der Waals surface area (Å²) in [5, 5.41) is -1.63. The van der Waals surface area contributed by atoms with Crippen LogP contribution in [-0.2, 0) is 9.05 Å². The molecule has 0 spiro atoms. The molecule has 4 nitrogen and oxygen atoms in total. The Morgan fingerprint density at radius 1 is 1.41 bits per heavy atom. The lowest BCUT2D eigenvalue weighted by molar-refractivity contribution is -0.275. The molecule has 0 radical (unpaired) electrons. The van der Waals surface area contributed by atoms with Crippen molar-refractivity contribution in [3.05, 3.63) is 14.8 Å². The van der Waals surface area contributed by atoms with Crippen molar-refractivity contribution >= 4 is 53.9 Å². The Morgan fingerprint density at radius 3 is 2.35 bits per heavy atom. The van der Waals surface area contributed by atoms with Gasteiger partial charge in [0.25, 0.3) is 9.05 Å². The highest BCUT2D eigenvalue weighted by molar-refractivity contribution is 14.1. The van der Waals surface area contributed by atoms with Gasteiger partial charge in [-0.05, 0) is 28.7 Å². The van der Waals surface area contributed by atoms with Gasteiger partial charge in [0, 0.05) is 10.7 Å². The van der Waals surface area contributed by atoms with Crippen molar-refractivity contribution in [1.82, 2.24) is 4.98 Å². The van der Waals surface area contributed by atoms with Crippen molar-refractivity contribution in [3.8, 4) is 5.75 Å². The van der Waals surface area contributed by atoms with Crippen molar-refractivity contribution in [2.24, 2.45) is 0 Å². The molecule has 17 heavy (non-hydrogen) atoms. The first-order valence-electron chi connectivity index (χ1n) is 3.57. The van der Waals surface area contributed by atoms with Gasteiger partial charge in [0.05, 0.1) is 5.02 Å². The van der Waals surface area contributed by atoms with Crippen LogP contribution in [0, 0.1) is 3.70 Å². The van der Waals surface area contributed by atoms with Crippen molar-refractivity contribution in [3.63, 3.8) is 0 Å². The van der Waals surface area contributed by atoms with Crippen LogP contribution in [0.4, 0.5) is 13.2 Å². The molecule has 0 saturated heterocycles. The Bertz CT molecular complexity index is 548. The molecule has 1 aromatic rings. The highest BCUT2D eigenvalue weighted by atomic mass is 127. The standard InChI is InChI=1S/C6HCl2F3INO3S/c7-2-1-3(12)13-5(17(8,14)15)4(2)16-6(9,10)11/h1H. The molecule has 1 aromatic heterocycles. The maximum absolute atomic E-state index is 12.0. The summed E-state index contributed by atoms with van der Waals surface area (Å²) in [7, 11) is 0.433. The smallest absolute Gasteiger partial charge is 0.401 e. The minimum absolute atomic E-state index is 0.0568. The summed E-state index contributed by atoms with van der Waals surface area (Å²) in [5.74, 6) is -1.14. The molecular weight excluding hydrogens is 421 g/mol. The van der Waals surface area contributed by atoms with Crippen molar-refractivity contribution in [2.75, 3.05) is 0 Å². The van der Waals surface area contributed by atoms with E-state index in [0.29, 0.717) is 0 Å². The Balaban J connectivity index is 3.47. The normalized spacial score (nSPS) is 12.6. The molecule has 0 N–H and O–H groups in total. The Kier molecular flexibility index (Phi) is 4.37. The fraction of sp³-hybridized carbons (Fsp3) is 0.167. The van der Waals surface area contributed by atoms with Crippen LogP contribution in [0.3, 0.4) is 0 Å². The number of aromatic nitrogens is 1. The SMILES string of the molecule is O=S(=O)(Cl)c1nc(I)cc(Cl)c1OC(F)(F)F. The zero-order valence-corrected chi connectivity index (χ0v) is 11.9. The molecule has 0 bridgehead atoms. The zero-order chi connectivity index (χ0) is 13.4. The van der Waals surface area contributed by atoms with E-state index in [1.54, 1.807) is 22.6 Å². The van der Waals surface area contributed by atoms with Gasteiger partial charge >= 0.3 is 6.36 Å². The minimum atomic E-state index is -5.10. The summed E-state index contributed by atoms with van der Waals surface area (Å²) in [5.41, 5.74) is 0. The number of alkyl halides is 3. The minimum Gasteiger partial charge on any atom is -0.401 e. The first kappa shape index (κ1) is 15.1. The lowest BCUT2D eigenvalue weighted by Gasteiger charge is -2.12. The van der Waals surface area contributed by atoms with Gasteiger partial charge in [-0.3, -0.25) is 0 Å². The van der Waals surface area contributed by atoms with Gasteiger partial charge in [0.1, 0.15) is 3.70 Å². The fourth-order valence-electron chi connectivity index (χ4n) is 0.826. The molecule has 0 unspecified atom stereocenters. The number of ether oxygens (including phenoxy) is 1. The van der Waals surface area contributed by atoms with Crippen molar-refractivity contribution in [1.29, 1.82) is 0 Å². The molecule has 11 heteroatoms. The van der Waals surface area contributed by atoms with Crippen LogP contribution >= 0.6 is 44.9 Å². The highest BCUT2D eigenvalue weighted by Crippen LogP contribution is 2.37. The predicted octanol–water partition coefficient (Wildman–Crippen LogP) is 3.17. The molecule has 1 rings (SSSR count). The maximum Gasteiger partial charge on any atom is 0.573 e. The first-order valence-corrected chi connectivity index (χ1v) is 7.34. The van der Waals surface area contributed by atoms with E-state index >= 15 is 0 Å². The van der Waals surface area contributed by atoms with Gasteiger partial charge in [-0.1, -0.05) is 11.6 Å². The summed E-state index contributed by atoms with van der Waals surface area (Å²) in [6.07, 6.45) is -5.10. The van der Waals surface area contributed by atoms with Crippen LogP contribution < -0.4 is 4.74 Å². The zero-order valence-electron chi connectivity index (χ0n) is 7.43. The number of hydrogen-bond acceptors (Lipinski definition) is 4. The van der Waals surface area contributed by atoms with Crippen LogP contribution in [0.1, 0.15) is 0 Å². The lowest BCUT2D eigenvalue weighted by Crippen LogP contribution is -2.19. The second kappa shape index (κ2) is 4.94. The number of hydrogen-bond donors (Lipinski definition) is 0. The largest absolute Gasteiger partial charge is 0.573 e. The summed E-state index contributed by atoms with van der Waals surface area (Å²) in [4.78, 5) is 3.35. The van der Waals surface area contributed by atoms with Gasteiger partial charge in [0.15, 0.2) is 5.75 Å². The van der Waals surface area contributed by atoms with Gasteiger partial charge in [-0.2, -0.15) is 0 Å². The Morgan fingerprint density at radius 2 is 1.94 bits per heavy atom. The molecule has 0 aliphatic heterocycles. The molecule has 0 saturated carbocycles. The number of halogens is 6. The molecular formula is C6HCl2F3INO3S. The van der Waals surface area contributed by atoms with Crippen LogP contribution in [0.25, 0.3) is 0 Å². The van der Waals surface area contributed by atoms with Gasteiger partial charge < -0.3 is 4.74 Å². The topological polar surface area (TPSA) is 56.3 Å². The van der Waals surface area contributed by atoms with E-state index in [9.17, 15) is 21.6 Å². The van der Waals surface area contributed by atoms with Crippen LogP contribution in [0.2, 0.25) is 5.02 Å². The molecule has 0 aliphatic rings. The molecule has 0 aromatic carbocycles. The molecule has 0 atom stereocenters. The molecule has 0 amide bonds. The summed E-state index contributed by atoms with van der Waals surface area (Å²) < 4.78 is 61.7. The molecule has 1 heterocycles. The van der Waals surface area contributed by atoms with Crippen LogP contribution in [0.5, 0.6) is 5.75 Å². The molecule has 0 fully saturated rings. The average Bonchev–Trinajstić information content (AvgIpc) is 2.05. The van der Waals surface area contributed by atoms with E-state index in [2.05, 4.69) is 9.72 Å². The Hall–Kier alpha value is -0.000000000000000222. The van der Waals surface area contributed by atoms with Gasteiger partial charge in [0.2, 0.25) is 5.03 Å². The van der Waals surface area contributed by atoms with Crippen LogP contribution in [0.15, 0.2) is 11.1 Å². The summed E-state index contributed by atoms with van der Waals surface area (Å²) in [6, 6.07) is 1.01. The molecule has 96 valence electrons. The second-order valence-electron chi connectivity index (χ2n) is 2.55. The molecule has 0 aliphatic carbocycles. The third kappa shape index (κ3) is 4.30. The highest BCUT2D eigenvalue weighted by Gasteiger charge is 2.36. The van der Waals surface area contributed by atoms with E-state index in [-0.39, 0.29) is 3.70 Å². The third-order valence-corrected chi connectivity index (χ3v) is 3.32. The monoisotopic (exact) mass is 421 g/mol. The number of pyridine rings is 1. The van der Waals surface area contributed by atoms with Gasteiger partial charge in [-0.15, -0.1) is 13.2 Å².